The van der Waals surface area contributed by atoms with Crippen LogP contribution in [0.25, 0.3) is 22.2 Å². The maximum atomic E-state index is 9.18. The molecule has 0 fully saturated rings. The molecule has 2 aromatic carbocycles. The van der Waals surface area contributed by atoms with Gasteiger partial charge in [0.1, 0.15) is 17.5 Å². The zero-order valence-electron chi connectivity index (χ0n) is 20.7. The SMILES string of the molecule is C.C.C=C(c1ccc(C2=CN2)cc1)c1c(N(C)C)cnc2cc(OC)c(CCc3ccnc(C#N)c3)cc12. The fourth-order valence-corrected chi connectivity index (χ4v) is 4.46. The quantitative estimate of drug-likeness (QED) is 0.291. The molecule has 0 saturated heterocycles. The van der Waals surface area contributed by atoms with Crippen molar-refractivity contribution in [2.45, 2.75) is 27.7 Å². The lowest BCUT2D eigenvalue weighted by Gasteiger charge is -2.22. The number of aryl methyl sites for hydroxylation is 2. The van der Waals surface area contributed by atoms with Gasteiger partial charge in [-0.25, -0.2) is 4.98 Å². The Morgan fingerprint density at radius 2 is 1.79 bits per heavy atom. The van der Waals surface area contributed by atoms with E-state index in [2.05, 4.69) is 58.2 Å². The molecule has 5 rings (SSSR count). The van der Waals surface area contributed by atoms with Crippen molar-refractivity contribution in [2.24, 2.45) is 0 Å². The van der Waals surface area contributed by atoms with E-state index >= 15 is 0 Å². The smallest absolute Gasteiger partial charge is 0.140 e. The first-order valence-corrected chi connectivity index (χ1v) is 11.8. The normalized spacial score (nSPS) is 11.3. The second-order valence-electron chi connectivity index (χ2n) is 9.01. The van der Waals surface area contributed by atoms with E-state index in [9.17, 15) is 5.26 Å². The Labute approximate surface area is 225 Å². The number of ether oxygens (including phenoxy) is 1. The van der Waals surface area contributed by atoms with Crippen molar-refractivity contribution in [2.75, 3.05) is 26.1 Å². The van der Waals surface area contributed by atoms with E-state index < -0.39 is 0 Å². The third-order valence-corrected chi connectivity index (χ3v) is 6.49. The van der Waals surface area contributed by atoms with Gasteiger partial charge < -0.3 is 15.0 Å². The van der Waals surface area contributed by atoms with Gasteiger partial charge in [0, 0.05) is 43.5 Å². The van der Waals surface area contributed by atoms with Gasteiger partial charge in [0.25, 0.3) is 0 Å². The number of nitriles is 1. The third kappa shape index (κ3) is 5.52. The van der Waals surface area contributed by atoms with Crippen LogP contribution in [-0.4, -0.2) is 31.2 Å². The molecule has 0 radical (unpaired) electrons. The number of nitrogens with one attached hydrogen (secondary N) is 1. The molecule has 0 unspecified atom stereocenters. The van der Waals surface area contributed by atoms with E-state index in [1.54, 1.807) is 13.3 Å². The van der Waals surface area contributed by atoms with Gasteiger partial charge in [-0.15, -0.1) is 0 Å². The number of hydrogen-bond acceptors (Lipinski definition) is 6. The Morgan fingerprint density at radius 3 is 2.42 bits per heavy atom. The summed E-state index contributed by atoms with van der Waals surface area (Å²) in [5, 5.41) is 13.4. The van der Waals surface area contributed by atoms with E-state index in [0.29, 0.717) is 5.69 Å². The second kappa shape index (κ2) is 11.6. The predicted molar refractivity (Wildman–Crippen MR) is 158 cm³/mol. The molecule has 0 atom stereocenters. The van der Waals surface area contributed by atoms with Crippen LogP contribution < -0.4 is 15.0 Å². The lowest BCUT2D eigenvalue weighted by Crippen LogP contribution is -2.12. The number of hydrogen-bond donors (Lipinski definition) is 1. The van der Waals surface area contributed by atoms with Crippen molar-refractivity contribution in [1.29, 1.82) is 5.26 Å². The number of aromatic nitrogens is 2. The molecule has 194 valence electrons. The Bertz CT molecular complexity index is 1550. The fraction of sp³-hybridized carbons (Fsp3) is 0.219. The van der Waals surface area contributed by atoms with E-state index in [1.165, 1.54) is 5.56 Å². The van der Waals surface area contributed by atoms with E-state index in [-0.39, 0.29) is 14.9 Å². The molecule has 2 aromatic heterocycles. The summed E-state index contributed by atoms with van der Waals surface area (Å²) in [4.78, 5) is 10.9. The van der Waals surface area contributed by atoms with E-state index in [0.717, 1.165) is 68.7 Å². The molecule has 0 saturated carbocycles. The molecule has 0 amide bonds. The largest absolute Gasteiger partial charge is 0.496 e. The van der Waals surface area contributed by atoms with Crippen molar-refractivity contribution in [3.05, 3.63) is 107 Å². The van der Waals surface area contributed by atoms with Crippen LogP contribution in [0.2, 0.25) is 0 Å². The molecular weight excluding hydrogens is 470 g/mol. The number of methoxy groups -OCH3 is 1. The number of nitrogens with zero attached hydrogens (tertiary/aromatic N) is 4. The molecule has 4 aromatic rings. The van der Waals surface area contributed by atoms with E-state index in [4.69, 9.17) is 9.72 Å². The summed E-state index contributed by atoms with van der Waals surface area (Å²) in [6.45, 7) is 4.51. The van der Waals surface area contributed by atoms with Gasteiger partial charge >= 0.3 is 0 Å². The average molecular weight is 506 g/mol. The summed E-state index contributed by atoms with van der Waals surface area (Å²) in [7, 11) is 5.73. The minimum absolute atomic E-state index is 0. The average Bonchev–Trinajstić information content (AvgIpc) is 3.76. The highest BCUT2D eigenvalue weighted by Gasteiger charge is 2.18. The lowest BCUT2D eigenvalue weighted by atomic mass is 9.92. The maximum Gasteiger partial charge on any atom is 0.140 e. The summed E-state index contributed by atoms with van der Waals surface area (Å²) in [5.41, 5.74) is 9.82. The minimum atomic E-state index is 0. The number of benzene rings is 2. The lowest BCUT2D eigenvalue weighted by molar-refractivity contribution is 0.410. The van der Waals surface area contributed by atoms with Gasteiger partial charge in [-0.1, -0.05) is 45.7 Å². The number of pyridine rings is 2. The number of anilines is 1. The van der Waals surface area contributed by atoms with E-state index in [1.807, 2.05) is 44.7 Å². The number of fused-ring (bicyclic) bond motifs is 1. The predicted octanol–water partition coefficient (Wildman–Crippen LogP) is 6.60. The molecule has 6 nitrogen and oxygen atoms in total. The summed E-state index contributed by atoms with van der Waals surface area (Å²) < 4.78 is 5.74. The highest BCUT2D eigenvalue weighted by atomic mass is 16.5. The van der Waals surface area contributed by atoms with Gasteiger partial charge in [-0.05, 0) is 58.9 Å². The summed E-state index contributed by atoms with van der Waals surface area (Å²) in [5.74, 6) is 0.799. The molecular formula is C32H35N5O. The molecule has 6 heteroatoms. The van der Waals surface area contributed by atoms with Crippen LogP contribution in [0.4, 0.5) is 5.69 Å². The summed E-state index contributed by atoms with van der Waals surface area (Å²) in [6.07, 6.45) is 7.09. The number of rotatable bonds is 8. The van der Waals surface area contributed by atoms with Gasteiger partial charge in [0.15, 0.2) is 0 Å². The van der Waals surface area contributed by atoms with Crippen LogP contribution in [0.15, 0.2) is 73.7 Å². The zero-order valence-corrected chi connectivity index (χ0v) is 20.7. The summed E-state index contributed by atoms with van der Waals surface area (Å²) >= 11 is 0. The van der Waals surface area contributed by atoms with Gasteiger partial charge in [-0.3, -0.25) is 4.98 Å². The molecule has 38 heavy (non-hydrogen) atoms. The monoisotopic (exact) mass is 505 g/mol. The van der Waals surface area contributed by atoms with Crippen molar-refractivity contribution < 1.29 is 4.74 Å². The standard InChI is InChI=1S/C30H27N5O.2CH4/c1-19(21-7-9-22(10-8-21)27-17-33-27)30-25-14-23(6-5-20-11-12-32-24(13-20)16-31)29(36-4)15-26(25)34-18-28(30)35(2)3;;/h7-15,17-18,33H,1,5-6H2,2-4H3;2*1H4. The minimum Gasteiger partial charge on any atom is -0.496 e. The fourth-order valence-electron chi connectivity index (χ4n) is 4.46. The van der Waals surface area contributed by atoms with Gasteiger partial charge in [0.05, 0.1) is 30.2 Å². The first kappa shape index (κ1) is 27.9. The molecule has 0 spiro atoms. The van der Waals surface area contributed by atoms with Gasteiger partial charge in [-0.2, -0.15) is 5.26 Å². The molecule has 1 aliphatic heterocycles. The second-order valence-corrected chi connectivity index (χ2v) is 9.01. The van der Waals surface area contributed by atoms with Crippen molar-refractivity contribution >= 4 is 27.9 Å². The molecule has 1 aliphatic rings. The zero-order chi connectivity index (χ0) is 25.2. The maximum absolute atomic E-state index is 9.18. The van der Waals surface area contributed by atoms with Crippen LogP contribution in [-0.2, 0) is 12.8 Å². The van der Waals surface area contributed by atoms with Crippen LogP contribution in [0, 0.1) is 11.3 Å². The highest BCUT2D eigenvalue weighted by molar-refractivity contribution is 6.01. The van der Waals surface area contributed by atoms with Crippen LogP contribution in [0.5, 0.6) is 5.75 Å². The topological polar surface area (TPSA) is 84.0 Å². The highest BCUT2D eigenvalue weighted by Crippen LogP contribution is 2.38. The third-order valence-electron chi connectivity index (χ3n) is 6.49. The Hall–Kier alpha value is -4.63. The van der Waals surface area contributed by atoms with Crippen molar-refractivity contribution in [3.8, 4) is 11.8 Å². The van der Waals surface area contributed by atoms with Crippen LogP contribution in [0.3, 0.4) is 0 Å². The van der Waals surface area contributed by atoms with Crippen LogP contribution >= 0.6 is 0 Å². The molecule has 3 heterocycles. The van der Waals surface area contributed by atoms with Crippen molar-refractivity contribution in [1.82, 2.24) is 15.3 Å². The first-order chi connectivity index (χ1) is 17.5. The first-order valence-electron chi connectivity index (χ1n) is 11.8. The Kier molecular flexibility index (Phi) is 8.54. The molecule has 0 bridgehead atoms. The van der Waals surface area contributed by atoms with Gasteiger partial charge in [0.2, 0.25) is 0 Å². The Morgan fingerprint density at radius 1 is 1.05 bits per heavy atom. The molecule has 0 aliphatic carbocycles. The summed E-state index contributed by atoms with van der Waals surface area (Å²) in [6, 6.07) is 18.5. The van der Waals surface area contributed by atoms with Crippen LogP contribution in [0.1, 0.15) is 48.4 Å². The van der Waals surface area contributed by atoms with Crippen molar-refractivity contribution in [3.63, 3.8) is 0 Å². The molecule has 1 N–H and O–H groups in total. The Balaban J connectivity index is 0.00000200.